The van der Waals surface area contributed by atoms with Gasteiger partial charge in [0.05, 0.1) is 6.10 Å². The van der Waals surface area contributed by atoms with E-state index in [-0.39, 0.29) is 11.8 Å². The minimum Gasteiger partial charge on any atom is -0.388 e. The van der Waals surface area contributed by atoms with Crippen LogP contribution in [0.15, 0.2) is 78.6 Å². The van der Waals surface area contributed by atoms with Gasteiger partial charge in [0.1, 0.15) is 11.5 Å². The highest BCUT2D eigenvalue weighted by Crippen LogP contribution is 2.56. The molecule has 4 N–H and O–H groups in total. The van der Waals surface area contributed by atoms with Crippen molar-refractivity contribution in [3.63, 3.8) is 0 Å². The number of aliphatic hydroxyl groups excluding tert-OH is 2. The Bertz CT molecular complexity index is 1430. The summed E-state index contributed by atoms with van der Waals surface area (Å²) in [5.74, 6) is -3.34. The van der Waals surface area contributed by atoms with E-state index < -0.39 is 53.0 Å². The SMILES string of the molecule is C=C1[C@@H](C)[C@H]2C(Cc3c[nH]c4ccccc34)NC(=O)[C@]23C(=O)/C=C\C(=O)[C@@H](O)/C(C)=C\[C@H](C)C/C=C/[C@H]3[C@@H]1O. The van der Waals surface area contributed by atoms with Crippen LogP contribution in [0.25, 0.3) is 10.9 Å². The number of hydrogen-bond donors (Lipinski definition) is 4. The van der Waals surface area contributed by atoms with Crippen LogP contribution in [0.3, 0.4) is 0 Å². The molecule has 2 fully saturated rings. The van der Waals surface area contributed by atoms with Crippen molar-refractivity contribution in [3.8, 4) is 0 Å². The Morgan fingerprint density at radius 3 is 2.62 bits per heavy atom. The van der Waals surface area contributed by atoms with Crippen molar-refractivity contribution in [1.29, 1.82) is 0 Å². The van der Waals surface area contributed by atoms with Crippen molar-refractivity contribution in [3.05, 3.63) is 84.1 Å². The second-order valence-corrected chi connectivity index (χ2v) is 11.4. The monoisotopic (exact) mass is 528 g/mol. The number of carbonyl (C=O) groups excluding carboxylic acids is 3. The maximum atomic E-state index is 14.1. The smallest absolute Gasteiger partial charge is 0.235 e. The Balaban J connectivity index is 1.63. The first-order valence-electron chi connectivity index (χ1n) is 13.6. The molecule has 2 heterocycles. The molecule has 1 aliphatic heterocycles. The van der Waals surface area contributed by atoms with E-state index in [9.17, 15) is 24.6 Å². The average Bonchev–Trinajstić information content (AvgIpc) is 3.45. The first-order chi connectivity index (χ1) is 18.6. The van der Waals surface area contributed by atoms with Gasteiger partial charge >= 0.3 is 0 Å². The summed E-state index contributed by atoms with van der Waals surface area (Å²) in [5, 5.41) is 26.1. The van der Waals surface area contributed by atoms with Gasteiger partial charge in [-0.3, -0.25) is 14.4 Å². The van der Waals surface area contributed by atoms with Gasteiger partial charge in [-0.1, -0.05) is 56.9 Å². The van der Waals surface area contributed by atoms with Gasteiger partial charge in [0.25, 0.3) is 0 Å². The van der Waals surface area contributed by atoms with Crippen LogP contribution in [0.2, 0.25) is 0 Å². The third-order valence-electron chi connectivity index (χ3n) is 9.04. The van der Waals surface area contributed by atoms with Crippen LogP contribution < -0.4 is 5.32 Å². The summed E-state index contributed by atoms with van der Waals surface area (Å²) in [7, 11) is 0. The van der Waals surface area contributed by atoms with Gasteiger partial charge in [0.15, 0.2) is 11.6 Å². The predicted molar refractivity (Wildman–Crippen MR) is 149 cm³/mol. The summed E-state index contributed by atoms with van der Waals surface area (Å²) in [6, 6.07) is 7.53. The van der Waals surface area contributed by atoms with Crippen molar-refractivity contribution in [2.45, 2.75) is 51.9 Å². The molecule has 5 rings (SSSR count). The summed E-state index contributed by atoms with van der Waals surface area (Å²) >= 11 is 0. The number of rotatable bonds is 2. The quantitative estimate of drug-likeness (QED) is 0.351. The predicted octanol–water partition coefficient (Wildman–Crippen LogP) is 3.59. The standard InChI is InChI=1S/C32H36N2O5/c1-17-8-7-10-23-30(38)20(4)19(3)28-25(15-21-16-33-24-11-6-5-9-22(21)24)34-31(39)32(23,28)27(36)13-12-26(35)29(37)18(2)14-17/h5-7,9-14,16-17,19,23,25,28-30,33,37-38H,4,8,15H2,1-3H3,(H,34,39)/b10-7+,13-12-,18-14-/t17-,19-,23+,25?,28+,29+,30-,32-/m1/s1. The number of fused-ring (bicyclic) bond motifs is 1. The lowest BCUT2D eigenvalue weighted by Crippen LogP contribution is -2.58. The van der Waals surface area contributed by atoms with Gasteiger partial charge in [-0.05, 0) is 66.5 Å². The minimum absolute atomic E-state index is 0.00855. The van der Waals surface area contributed by atoms with E-state index in [4.69, 9.17) is 0 Å². The van der Waals surface area contributed by atoms with Crippen molar-refractivity contribution in [2.24, 2.45) is 29.1 Å². The zero-order valence-corrected chi connectivity index (χ0v) is 22.6. The molecule has 1 amide bonds. The van der Waals surface area contributed by atoms with E-state index in [2.05, 4.69) is 16.9 Å². The summed E-state index contributed by atoms with van der Waals surface area (Å²) in [6.07, 6.45) is 8.17. The molecule has 1 spiro atoms. The highest BCUT2D eigenvalue weighted by atomic mass is 16.3. The zero-order chi connectivity index (χ0) is 28.1. The van der Waals surface area contributed by atoms with E-state index >= 15 is 0 Å². The van der Waals surface area contributed by atoms with Gasteiger partial charge in [-0.2, -0.15) is 0 Å². The normalized spacial score (nSPS) is 38.5. The summed E-state index contributed by atoms with van der Waals surface area (Å²) in [6.45, 7) is 9.74. The molecule has 1 aromatic carbocycles. The average molecular weight is 529 g/mol. The number of aromatic nitrogens is 1. The van der Waals surface area contributed by atoms with Crippen molar-refractivity contribution >= 4 is 28.4 Å². The van der Waals surface area contributed by atoms with E-state index in [1.807, 2.05) is 56.5 Å². The fraction of sp³-hybridized carbons (Fsp3) is 0.406. The van der Waals surface area contributed by atoms with Crippen LogP contribution in [0.4, 0.5) is 0 Å². The molecule has 1 unspecified atom stereocenters. The molecular formula is C32H36N2O5. The van der Waals surface area contributed by atoms with Gasteiger partial charge in [-0.25, -0.2) is 0 Å². The van der Waals surface area contributed by atoms with Gasteiger partial charge in [0, 0.05) is 35.0 Å². The molecule has 39 heavy (non-hydrogen) atoms. The summed E-state index contributed by atoms with van der Waals surface area (Å²) in [5.41, 5.74) is 1.46. The summed E-state index contributed by atoms with van der Waals surface area (Å²) in [4.78, 5) is 44.2. The molecule has 3 aliphatic rings. The van der Waals surface area contributed by atoms with Crippen LogP contribution >= 0.6 is 0 Å². The molecule has 1 aromatic heterocycles. The highest BCUT2D eigenvalue weighted by Gasteiger charge is 2.68. The van der Waals surface area contributed by atoms with E-state index in [0.29, 0.717) is 24.0 Å². The van der Waals surface area contributed by atoms with E-state index in [0.717, 1.165) is 28.6 Å². The molecule has 0 bridgehead atoms. The molecular weight excluding hydrogens is 492 g/mol. The molecule has 0 radical (unpaired) electrons. The fourth-order valence-electron chi connectivity index (χ4n) is 7.01. The number of allylic oxidation sites excluding steroid dienone is 3. The third kappa shape index (κ3) is 4.34. The lowest BCUT2D eigenvalue weighted by molar-refractivity contribution is -0.148. The lowest BCUT2D eigenvalue weighted by atomic mass is 9.52. The number of aromatic amines is 1. The lowest BCUT2D eigenvalue weighted by Gasteiger charge is -2.48. The maximum Gasteiger partial charge on any atom is 0.235 e. The number of aliphatic hydroxyl groups is 2. The number of carbonyl (C=O) groups is 3. The van der Waals surface area contributed by atoms with Crippen molar-refractivity contribution in [1.82, 2.24) is 10.3 Å². The van der Waals surface area contributed by atoms with Crippen LogP contribution in [0.5, 0.6) is 0 Å². The summed E-state index contributed by atoms with van der Waals surface area (Å²) < 4.78 is 0. The maximum absolute atomic E-state index is 14.1. The third-order valence-corrected chi connectivity index (χ3v) is 9.04. The number of amides is 1. The molecule has 7 nitrogen and oxygen atoms in total. The molecule has 8 atom stereocenters. The topological polar surface area (TPSA) is 119 Å². The van der Waals surface area contributed by atoms with Gasteiger partial charge in [-0.15, -0.1) is 0 Å². The van der Waals surface area contributed by atoms with Crippen LogP contribution in [0.1, 0.15) is 32.8 Å². The largest absolute Gasteiger partial charge is 0.388 e. The zero-order valence-electron chi connectivity index (χ0n) is 22.6. The van der Waals surface area contributed by atoms with Crippen molar-refractivity contribution in [2.75, 3.05) is 0 Å². The van der Waals surface area contributed by atoms with Gasteiger partial charge in [0.2, 0.25) is 5.91 Å². The molecule has 7 heteroatoms. The fourth-order valence-corrected chi connectivity index (χ4v) is 7.01. The Hall–Kier alpha value is -3.55. The second-order valence-electron chi connectivity index (χ2n) is 11.4. The first kappa shape index (κ1) is 27.0. The Kier molecular flexibility index (Phi) is 7.08. The minimum atomic E-state index is -1.63. The number of hydrogen-bond acceptors (Lipinski definition) is 5. The number of H-pyrrole nitrogens is 1. The Morgan fingerprint density at radius 1 is 1.10 bits per heavy atom. The highest BCUT2D eigenvalue weighted by molar-refractivity contribution is 6.15. The Morgan fingerprint density at radius 2 is 1.85 bits per heavy atom. The van der Waals surface area contributed by atoms with Crippen LogP contribution in [-0.2, 0) is 20.8 Å². The van der Waals surface area contributed by atoms with Crippen molar-refractivity contribution < 1.29 is 24.6 Å². The molecule has 1 saturated heterocycles. The van der Waals surface area contributed by atoms with Gasteiger partial charge < -0.3 is 20.5 Å². The number of ketones is 2. The number of benzene rings is 1. The molecule has 1 saturated carbocycles. The molecule has 204 valence electrons. The van der Waals surface area contributed by atoms with Crippen LogP contribution in [-0.4, -0.2) is 50.9 Å². The Labute approximate surface area is 228 Å². The van der Waals surface area contributed by atoms with E-state index in [1.54, 1.807) is 13.0 Å². The molecule has 2 aromatic rings. The number of nitrogens with one attached hydrogen (secondary N) is 2. The van der Waals surface area contributed by atoms with E-state index in [1.165, 1.54) is 0 Å². The number of para-hydroxylation sites is 1. The van der Waals surface area contributed by atoms with Crippen LogP contribution in [0, 0.1) is 29.1 Å². The second kappa shape index (κ2) is 10.2. The first-order valence-corrected chi connectivity index (χ1v) is 13.6. The molecule has 2 aliphatic carbocycles.